The quantitative estimate of drug-likeness (QED) is 0.104. The molecule has 3 aromatic carbocycles. The highest BCUT2D eigenvalue weighted by atomic mass is 32.2. The van der Waals surface area contributed by atoms with E-state index in [1.165, 1.54) is 18.2 Å². The number of hydrogen-bond donors (Lipinski definition) is 5. The molecule has 11 heteroatoms. The number of carbonyl (C=O) groups is 2. The summed E-state index contributed by atoms with van der Waals surface area (Å²) in [6.07, 6.45) is 0.938. The normalized spacial score (nSPS) is 12.1. The first-order valence-electron chi connectivity index (χ1n) is 10.1. The predicted octanol–water partition coefficient (Wildman–Crippen LogP) is 2.93. The van der Waals surface area contributed by atoms with Gasteiger partial charge in [0.25, 0.3) is 10.0 Å². The van der Waals surface area contributed by atoms with Crippen molar-refractivity contribution in [1.29, 1.82) is 0 Å². The summed E-state index contributed by atoms with van der Waals surface area (Å²) < 4.78 is 28.4. The fraction of sp³-hybridized carbons (Fsp3) is 0.0870. The van der Waals surface area contributed by atoms with Gasteiger partial charge in [-0.3, -0.25) is 20.3 Å². The number of nitrogens with zero attached hydrogens (tertiary/aromatic N) is 1. The number of urea groups is 1. The summed E-state index contributed by atoms with van der Waals surface area (Å²) in [6.45, 7) is 0. The molecular weight excluding hydrogens is 458 g/mol. The molecule has 0 aromatic heterocycles. The number of nitrogens with one attached hydrogen (secondary N) is 3. The van der Waals surface area contributed by atoms with Gasteiger partial charge in [0, 0.05) is 11.6 Å². The van der Waals surface area contributed by atoms with Crippen LogP contribution in [0, 0.1) is 0 Å². The van der Waals surface area contributed by atoms with E-state index < -0.39 is 27.9 Å². The Bertz CT molecular complexity index is 1300. The largest absolute Gasteiger partial charge is 0.481 e. The molecule has 0 spiro atoms. The summed E-state index contributed by atoms with van der Waals surface area (Å²) >= 11 is 0. The predicted molar refractivity (Wildman–Crippen MR) is 128 cm³/mol. The molecular formula is C23H23N5O5S. The molecule has 34 heavy (non-hydrogen) atoms. The SMILES string of the molecule is NNC(=O)NC=Nc1cccc(S(=O)(=O)Nc2cccc(C(CC(=O)O)c3ccccc3)c2)c1. The third-order valence-corrected chi connectivity index (χ3v) is 6.17. The number of anilines is 1. The molecule has 1 atom stereocenters. The van der Waals surface area contributed by atoms with Gasteiger partial charge in [0.2, 0.25) is 0 Å². The Morgan fingerprint density at radius 3 is 2.38 bits per heavy atom. The average molecular weight is 482 g/mol. The number of sulfonamides is 1. The molecule has 176 valence electrons. The van der Waals surface area contributed by atoms with Crippen LogP contribution in [0.25, 0.3) is 0 Å². The zero-order chi connectivity index (χ0) is 24.6. The fourth-order valence-electron chi connectivity index (χ4n) is 3.26. The maximum absolute atomic E-state index is 13.0. The maximum atomic E-state index is 13.0. The lowest BCUT2D eigenvalue weighted by Crippen LogP contribution is -2.39. The topological polar surface area (TPSA) is 163 Å². The summed E-state index contributed by atoms with van der Waals surface area (Å²) in [4.78, 5) is 26.5. The van der Waals surface area contributed by atoms with Crippen molar-refractivity contribution in [3.05, 3.63) is 90.0 Å². The molecule has 2 amide bonds. The third-order valence-electron chi connectivity index (χ3n) is 4.79. The van der Waals surface area contributed by atoms with Crippen LogP contribution >= 0.6 is 0 Å². The van der Waals surface area contributed by atoms with E-state index in [0.717, 1.165) is 11.9 Å². The van der Waals surface area contributed by atoms with Crippen molar-refractivity contribution in [2.24, 2.45) is 10.8 Å². The van der Waals surface area contributed by atoms with Gasteiger partial charge in [0.05, 0.1) is 23.3 Å². The first-order chi connectivity index (χ1) is 16.3. The highest BCUT2D eigenvalue weighted by Gasteiger charge is 2.20. The fourth-order valence-corrected chi connectivity index (χ4v) is 4.35. The van der Waals surface area contributed by atoms with Crippen LogP contribution < -0.4 is 21.3 Å². The van der Waals surface area contributed by atoms with Crippen LogP contribution in [0.4, 0.5) is 16.2 Å². The number of carbonyl (C=O) groups excluding carboxylic acids is 1. The van der Waals surface area contributed by atoms with E-state index >= 15 is 0 Å². The Kier molecular flexibility index (Phi) is 7.96. The van der Waals surface area contributed by atoms with Crippen molar-refractivity contribution in [3.63, 3.8) is 0 Å². The van der Waals surface area contributed by atoms with Crippen LogP contribution in [0.15, 0.2) is 88.8 Å². The molecule has 0 aliphatic carbocycles. The van der Waals surface area contributed by atoms with Crippen LogP contribution in [0.3, 0.4) is 0 Å². The second-order valence-corrected chi connectivity index (χ2v) is 8.85. The van der Waals surface area contributed by atoms with Gasteiger partial charge < -0.3 is 5.11 Å². The zero-order valence-electron chi connectivity index (χ0n) is 17.9. The minimum atomic E-state index is -3.97. The number of aliphatic imine (C=N–C) groups is 1. The van der Waals surface area contributed by atoms with E-state index in [1.807, 2.05) is 35.8 Å². The maximum Gasteiger partial charge on any atom is 0.334 e. The summed E-state index contributed by atoms with van der Waals surface area (Å²) in [6, 6.07) is 20.9. The summed E-state index contributed by atoms with van der Waals surface area (Å²) in [5, 5.41) is 11.6. The molecule has 0 bridgehead atoms. The average Bonchev–Trinajstić information content (AvgIpc) is 2.83. The van der Waals surface area contributed by atoms with Crippen molar-refractivity contribution < 1.29 is 23.1 Å². The Balaban J connectivity index is 1.84. The van der Waals surface area contributed by atoms with E-state index in [9.17, 15) is 23.1 Å². The highest BCUT2D eigenvalue weighted by molar-refractivity contribution is 7.92. The lowest BCUT2D eigenvalue weighted by Gasteiger charge is -2.17. The van der Waals surface area contributed by atoms with Crippen molar-refractivity contribution in [2.45, 2.75) is 17.2 Å². The smallest absolute Gasteiger partial charge is 0.334 e. The van der Waals surface area contributed by atoms with Gasteiger partial charge in [0.15, 0.2) is 0 Å². The Labute approximate surface area is 196 Å². The van der Waals surface area contributed by atoms with E-state index in [4.69, 9.17) is 5.84 Å². The van der Waals surface area contributed by atoms with Gasteiger partial charge in [-0.05, 0) is 41.5 Å². The van der Waals surface area contributed by atoms with Gasteiger partial charge >= 0.3 is 12.0 Å². The molecule has 6 N–H and O–H groups in total. The number of hydrazine groups is 1. The Morgan fingerprint density at radius 1 is 0.971 bits per heavy atom. The van der Waals surface area contributed by atoms with Crippen LogP contribution in [0.2, 0.25) is 0 Å². The van der Waals surface area contributed by atoms with Crippen LogP contribution in [0.1, 0.15) is 23.5 Å². The van der Waals surface area contributed by atoms with Crippen LogP contribution in [0.5, 0.6) is 0 Å². The number of rotatable bonds is 9. The number of hydrogen-bond acceptors (Lipinski definition) is 6. The van der Waals surface area contributed by atoms with Gasteiger partial charge in [-0.2, -0.15) is 0 Å². The molecule has 3 aromatic rings. The minimum Gasteiger partial charge on any atom is -0.481 e. The van der Waals surface area contributed by atoms with E-state index in [2.05, 4.69) is 15.0 Å². The highest BCUT2D eigenvalue weighted by Crippen LogP contribution is 2.30. The van der Waals surface area contributed by atoms with E-state index in [0.29, 0.717) is 16.9 Å². The number of carboxylic acid groups (broad SMARTS) is 1. The lowest BCUT2D eigenvalue weighted by molar-refractivity contribution is -0.137. The van der Waals surface area contributed by atoms with Crippen molar-refractivity contribution in [2.75, 3.05) is 4.72 Å². The molecule has 0 fully saturated rings. The number of amides is 2. The van der Waals surface area contributed by atoms with Crippen molar-refractivity contribution >= 4 is 39.7 Å². The number of benzene rings is 3. The molecule has 0 aliphatic rings. The second kappa shape index (κ2) is 11.1. The molecule has 3 rings (SSSR count). The molecule has 0 aliphatic heterocycles. The molecule has 10 nitrogen and oxygen atoms in total. The van der Waals surface area contributed by atoms with E-state index in [1.54, 1.807) is 30.3 Å². The van der Waals surface area contributed by atoms with Crippen molar-refractivity contribution in [1.82, 2.24) is 10.7 Å². The number of nitrogens with two attached hydrogens (primary N) is 1. The number of carboxylic acids is 1. The summed E-state index contributed by atoms with van der Waals surface area (Å²) in [5.41, 5.74) is 3.93. The Morgan fingerprint density at radius 2 is 1.68 bits per heavy atom. The van der Waals surface area contributed by atoms with Crippen molar-refractivity contribution in [3.8, 4) is 0 Å². The lowest BCUT2D eigenvalue weighted by atomic mass is 9.88. The van der Waals surface area contributed by atoms with Crippen LogP contribution in [-0.2, 0) is 14.8 Å². The molecule has 1 unspecified atom stereocenters. The molecule has 0 radical (unpaired) electrons. The summed E-state index contributed by atoms with van der Waals surface area (Å²) in [5.74, 6) is 3.54. The second-order valence-electron chi connectivity index (χ2n) is 7.17. The number of aliphatic carboxylic acids is 1. The molecule has 0 heterocycles. The monoisotopic (exact) mass is 481 g/mol. The zero-order valence-corrected chi connectivity index (χ0v) is 18.7. The first-order valence-corrected chi connectivity index (χ1v) is 11.6. The standard InChI is InChI=1S/C23H23N5O5S/c24-27-23(31)26-15-25-18-9-5-11-20(13-18)34(32,33)28-19-10-4-8-17(12-19)21(14-22(29)30)16-6-2-1-3-7-16/h1-13,15,21,28H,14,24H2,(H,29,30)(H2,25,26,27,31). The first kappa shape index (κ1) is 24.4. The van der Waals surface area contributed by atoms with Gasteiger partial charge in [-0.25, -0.2) is 24.0 Å². The minimum absolute atomic E-state index is 0.0408. The van der Waals surface area contributed by atoms with E-state index in [-0.39, 0.29) is 11.3 Å². The van der Waals surface area contributed by atoms with Gasteiger partial charge in [-0.15, -0.1) is 0 Å². The summed E-state index contributed by atoms with van der Waals surface area (Å²) in [7, 11) is -3.97. The molecule has 0 saturated heterocycles. The van der Waals surface area contributed by atoms with Gasteiger partial charge in [-0.1, -0.05) is 48.5 Å². The molecule has 0 saturated carbocycles. The Hall–Kier alpha value is -4.22. The third kappa shape index (κ3) is 6.64. The van der Waals surface area contributed by atoms with Gasteiger partial charge in [0.1, 0.15) is 0 Å². The van der Waals surface area contributed by atoms with Crippen LogP contribution in [-0.4, -0.2) is 31.9 Å².